The molecular formula is C15H28O4Si. The molecule has 0 heterocycles. The average molecular weight is 300 g/mol. The van der Waals surface area contributed by atoms with Crippen LogP contribution in [0, 0.1) is 23.2 Å². The maximum absolute atomic E-state index is 12.2. The molecule has 0 saturated heterocycles. The van der Waals surface area contributed by atoms with Gasteiger partial charge in [-0.3, -0.25) is 4.79 Å². The topological polar surface area (TPSA) is 55.8 Å². The van der Waals surface area contributed by atoms with Crippen molar-refractivity contribution < 1.29 is 19.1 Å². The SMILES string of the molecule is CCO[SiH2]CCCOC(=O)C1CC2CC(O)C1C2(C)C. The number of carbonyl (C=O) groups excluding carboxylic acids is 1. The number of aliphatic hydroxyl groups is 1. The van der Waals surface area contributed by atoms with Gasteiger partial charge >= 0.3 is 5.97 Å². The third-order valence-corrected chi connectivity index (χ3v) is 6.74. The summed E-state index contributed by atoms with van der Waals surface area (Å²) in [6.45, 7) is 7.67. The number of esters is 1. The molecule has 0 radical (unpaired) electrons. The first kappa shape index (κ1) is 16.0. The summed E-state index contributed by atoms with van der Waals surface area (Å²) in [4.78, 5) is 12.2. The number of fused-ring (bicyclic) bond motifs is 2. The van der Waals surface area contributed by atoms with Crippen LogP contribution >= 0.6 is 0 Å². The molecule has 5 heteroatoms. The van der Waals surface area contributed by atoms with E-state index in [-0.39, 0.29) is 29.3 Å². The van der Waals surface area contributed by atoms with Crippen LogP contribution < -0.4 is 0 Å². The first-order valence-electron chi connectivity index (χ1n) is 7.91. The normalized spacial score (nSPS) is 35.0. The van der Waals surface area contributed by atoms with Gasteiger partial charge in [0.2, 0.25) is 0 Å². The van der Waals surface area contributed by atoms with E-state index in [2.05, 4.69) is 13.8 Å². The number of rotatable bonds is 7. The van der Waals surface area contributed by atoms with Crippen LogP contribution in [0.5, 0.6) is 0 Å². The van der Waals surface area contributed by atoms with Gasteiger partial charge in [0.25, 0.3) is 0 Å². The van der Waals surface area contributed by atoms with Gasteiger partial charge in [0.05, 0.1) is 18.6 Å². The van der Waals surface area contributed by atoms with Gasteiger partial charge in [-0.15, -0.1) is 0 Å². The second-order valence-corrected chi connectivity index (χ2v) is 8.28. The molecule has 4 unspecified atom stereocenters. The van der Waals surface area contributed by atoms with Crippen molar-refractivity contribution in [3.63, 3.8) is 0 Å². The van der Waals surface area contributed by atoms with E-state index in [0.29, 0.717) is 12.5 Å². The minimum atomic E-state index is -0.417. The molecule has 2 bridgehead atoms. The lowest BCUT2D eigenvalue weighted by atomic mass is 9.79. The summed E-state index contributed by atoms with van der Waals surface area (Å²) in [6, 6.07) is 1.06. The molecule has 0 aromatic rings. The smallest absolute Gasteiger partial charge is 0.309 e. The molecular weight excluding hydrogens is 272 g/mol. The number of hydrogen-bond acceptors (Lipinski definition) is 4. The average Bonchev–Trinajstić information content (AvgIpc) is 2.78. The van der Waals surface area contributed by atoms with Crippen LogP contribution in [0.3, 0.4) is 0 Å². The quantitative estimate of drug-likeness (QED) is 0.440. The monoisotopic (exact) mass is 300 g/mol. The van der Waals surface area contributed by atoms with E-state index in [9.17, 15) is 9.90 Å². The molecule has 2 fully saturated rings. The third kappa shape index (κ3) is 3.10. The van der Waals surface area contributed by atoms with E-state index in [1.54, 1.807) is 0 Å². The summed E-state index contributed by atoms with van der Waals surface area (Å²) in [5.41, 5.74) is 0.0744. The minimum Gasteiger partial charge on any atom is -0.465 e. The summed E-state index contributed by atoms with van der Waals surface area (Å²) >= 11 is 0. The van der Waals surface area contributed by atoms with Crippen molar-refractivity contribution in [2.24, 2.45) is 23.2 Å². The van der Waals surface area contributed by atoms with Crippen LogP contribution in [-0.4, -0.2) is 40.2 Å². The van der Waals surface area contributed by atoms with Crippen molar-refractivity contribution in [3.8, 4) is 0 Å². The predicted octanol–water partition coefficient (Wildman–Crippen LogP) is 1.50. The van der Waals surface area contributed by atoms with E-state index in [1.165, 1.54) is 0 Å². The van der Waals surface area contributed by atoms with Gasteiger partial charge in [0, 0.05) is 12.5 Å². The Labute approximate surface area is 124 Å². The summed E-state index contributed by atoms with van der Waals surface area (Å²) in [5, 5.41) is 10.1. The largest absolute Gasteiger partial charge is 0.465 e. The predicted molar refractivity (Wildman–Crippen MR) is 80.0 cm³/mol. The van der Waals surface area contributed by atoms with Crippen LogP contribution in [0.2, 0.25) is 6.04 Å². The molecule has 2 aliphatic carbocycles. The lowest BCUT2D eigenvalue weighted by Crippen LogP contribution is -2.34. The van der Waals surface area contributed by atoms with E-state index < -0.39 is 9.76 Å². The Morgan fingerprint density at radius 1 is 1.40 bits per heavy atom. The van der Waals surface area contributed by atoms with Gasteiger partial charge < -0.3 is 14.3 Å². The third-order valence-electron chi connectivity index (χ3n) is 5.26. The van der Waals surface area contributed by atoms with Gasteiger partial charge in [-0.1, -0.05) is 13.8 Å². The molecule has 4 nitrogen and oxygen atoms in total. The first-order valence-corrected chi connectivity index (χ1v) is 9.48. The fourth-order valence-electron chi connectivity index (χ4n) is 4.12. The zero-order valence-corrected chi connectivity index (χ0v) is 14.3. The second-order valence-electron chi connectivity index (χ2n) is 6.76. The maximum Gasteiger partial charge on any atom is 0.309 e. The summed E-state index contributed by atoms with van der Waals surface area (Å²) < 4.78 is 10.8. The van der Waals surface area contributed by atoms with Crippen LogP contribution in [0.25, 0.3) is 0 Å². The van der Waals surface area contributed by atoms with E-state index in [4.69, 9.17) is 9.16 Å². The fourth-order valence-corrected chi connectivity index (χ4v) is 5.02. The highest BCUT2D eigenvalue weighted by Gasteiger charge is 2.60. The molecule has 1 N–H and O–H groups in total. The molecule has 0 amide bonds. The molecule has 0 aromatic carbocycles. The van der Waals surface area contributed by atoms with Crippen molar-refractivity contribution in [1.29, 1.82) is 0 Å². The lowest BCUT2D eigenvalue weighted by Gasteiger charge is -2.28. The fraction of sp³-hybridized carbons (Fsp3) is 0.933. The standard InChI is InChI=1S/C15H28O4Si/c1-4-19-20-7-5-6-18-14(17)11-8-10-9-12(16)13(11)15(10,2)3/h10-13,16H,4-9,20H2,1-3H3. The summed E-state index contributed by atoms with van der Waals surface area (Å²) in [5.74, 6) is 0.355. The molecule has 2 saturated carbocycles. The van der Waals surface area contributed by atoms with Crippen LogP contribution in [0.4, 0.5) is 0 Å². The molecule has 0 spiro atoms. The van der Waals surface area contributed by atoms with Crippen LogP contribution in [0.1, 0.15) is 40.0 Å². The zero-order chi connectivity index (χ0) is 14.8. The highest BCUT2D eigenvalue weighted by atomic mass is 28.2. The molecule has 0 aromatic heterocycles. The zero-order valence-electron chi connectivity index (χ0n) is 12.9. The summed E-state index contributed by atoms with van der Waals surface area (Å²) in [6.07, 6.45) is 2.32. The maximum atomic E-state index is 12.2. The Morgan fingerprint density at radius 2 is 2.15 bits per heavy atom. The highest BCUT2D eigenvalue weighted by molar-refractivity contribution is 6.26. The molecule has 0 aliphatic heterocycles. The Hall–Kier alpha value is -0.393. The number of ether oxygens (including phenoxy) is 1. The molecule has 2 rings (SSSR count). The van der Waals surface area contributed by atoms with Gasteiger partial charge in [-0.05, 0) is 43.6 Å². The van der Waals surface area contributed by atoms with Crippen molar-refractivity contribution >= 4 is 15.7 Å². The van der Waals surface area contributed by atoms with Crippen molar-refractivity contribution in [1.82, 2.24) is 0 Å². The number of aliphatic hydroxyl groups excluding tert-OH is 1. The number of hydrogen-bond donors (Lipinski definition) is 1. The van der Waals surface area contributed by atoms with Crippen molar-refractivity contribution in [2.75, 3.05) is 13.2 Å². The molecule has 2 aliphatic rings. The Balaban J connectivity index is 1.74. The van der Waals surface area contributed by atoms with E-state index >= 15 is 0 Å². The van der Waals surface area contributed by atoms with Crippen LogP contribution in [0.15, 0.2) is 0 Å². The van der Waals surface area contributed by atoms with Crippen molar-refractivity contribution in [3.05, 3.63) is 0 Å². The number of carbonyl (C=O) groups is 1. The Bertz CT molecular complexity index is 345. The first-order chi connectivity index (χ1) is 9.48. The van der Waals surface area contributed by atoms with E-state index in [1.807, 2.05) is 6.92 Å². The van der Waals surface area contributed by atoms with Gasteiger partial charge in [-0.2, -0.15) is 0 Å². The van der Waals surface area contributed by atoms with E-state index in [0.717, 1.165) is 31.9 Å². The lowest BCUT2D eigenvalue weighted by molar-refractivity contribution is -0.152. The second kappa shape index (κ2) is 6.58. The van der Waals surface area contributed by atoms with Gasteiger partial charge in [-0.25, -0.2) is 0 Å². The Morgan fingerprint density at radius 3 is 2.75 bits per heavy atom. The van der Waals surface area contributed by atoms with Crippen molar-refractivity contribution in [2.45, 2.75) is 52.2 Å². The molecule has 20 heavy (non-hydrogen) atoms. The van der Waals surface area contributed by atoms with Gasteiger partial charge in [0.1, 0.15) is 0 Å². The minimum absolute atomic E-state index is 0.0744. The van der Waals surface area contributed by atoms with Crippen LogP contribution in [-0.2, 0) is 14.0 Å². The van der Waals surface area contributed by atoms with Gasteiger partial charge in [0.15, 0.2) is 9.76 Å². The Kier molecular flexibility index (Phi) is 5.26. The molecule has 4 atom stereocenters. The molecule has 116 valence electrons. The summed E-state index contributed by atoms with van der Waals surface area (Å²) in [7, 11) is -0.417. The highest BCUT2D eigenvalue weighted by Crippen LogP contribution is 2.60.